The lowest BCUT2D eigenvalue weighted by atomic mass is 9.77. The number of aromatic nitrogens is 1. The highest BCUT2D eigenvalue weighted by Gasteiger charge is 2.39. The molecule has 4 rings (SSSR count). The molecule has 7 nitrogen and oxygen atoms in total. The number of methoxy groups -OCH3 is 1. The van der Waals surface area contributed by atoms with E-state index in [-0.39, 0.29) is 16.5 Å². The number of ether oxygens (including phenoxy) is 1. The Hall–Kier alpha value is -2.78. The van der Waals surface area contributed by atoms with Crippen molar-refractivity contribution < 1.29 is 23.8 Å². The first kappa shape index (κ1) is 22.4. The molecule has 2 heterocycles. The standard InChI is InChI=1S/C22H21ClFN3O4S/c1-31-22(30)15-17(11-4-2-5-12(10-11)21(28)29)26-19(20-25-8-9-32-20)27-18(15)13-6-3-7-14(24)16(13)23/h3,6-9,11-12,18H,2,4-5,10H2,1H3,(H,26,27)(H,28,29)/t11-,12?,18?/m0/s1. The fourth-order valence-electron chi connectivity index (χ4n) is 4.30. The van der Waals surface area contributed by atoms with Gasteiger partial charge in [-0.15, -0.1) is 11.3 Å². The molecule has 168 valence electrons. The van der Waals surface area contributed by atoms with Gasteiger partial charge in [0.1, 0.15) is 11.9 Å². The van der Waals surface area contributed by atoms with Crippen molar-refractivity contribution in [3.05, 3.63) is 62.5 Å². The van der Waals surface area contributed by atoms with Gasteiger partial charge in [0.15, 0.2) is 10.8 Å². The first-order chi connectivity index (χ1) is 15.4. The average Bonchev–Trinajstić information content (AvgIpc) is 3.34. The Morgan fingerprint density at radius 1 is 1.34 bits per heavy atom. The molecule has 0 saturated heterocycles. The summed E-state index contributed by atoms with van der Waals surface area (Å²) in [5, 5.41) is 15.0. The molecule has 3 atom stereocenters. The SMILES string of the molecule is COC(=O)C1=C([C@H]2CCCC(C(=O)O)C2)NC(c2nccs2)=NC1c1cccc(F)c1Cl. The normalized spacial score (nSPS) is 23.3. The number of aliphatic carboxylic acids is 1. The van der Waals surface area contributed by atoms with Crippen molar-refractivity contribution in [3.8, 4) is 0 Å². The fraction of sp³-hybridized carbons (Fsp3) is 0.364. The number of hydrogen-bond acceptors (Lipinski definition) is 7. The molecule has 32 heavy (non-hydrogen) atoms. The van der Waals surface area contributed by atoms with Crippen LogP contribution in [0.4, 0.5) is 4.39 Å². The summed E-state index contributed by atoms with van der Waals surface area (Å²) in [4.78, 5) is 33.6. The molecule has 2 unspecified atom stereocenters. The van der Waals surface area contributed by atoms with Crippen LogP contribution in [0.3, 0.4) is 0 Å². The maximum absolute atomic E-state index is 14.3. The van der Waals surface area contributed by atoms with Gasteiger partial charge >= 0.3 is 11.9 Å². The lowest BCUT2D eigenvalue weighted by Gasteiger charge is -2.34. The van der Waals surface area contributed by atoms with Crippen LogP contribution in [0.15, 0.2) is 46.0 Å². The van der Waals surface area contributed by atoms with Crippen LogP contribution in [-0.4, -0.2) is 35.0 Å². The number of benzene rings is 1. The van der Waals surface area contributed by atoms with E-state index in [2.05, 4.69) is 15.3 Å². The van der Waals surface area contributed by atoms with Gasteiger partial charge in [0.25, 0.3) is 0 Å². The van der Waals surface area contributed by atoms with Gasteiger partial charge in [0.2, 0.25) is 0 Å². The Morgan fingerprint density at radius 2 is 2.16 bits per heavy atom. The zero-order valence-electron chi connectivity index (χ0n) is 17.2. The number of aliphatic imine (C=N–C) groups is 1. The predicted molar refractivity (Wildman–Crippen MR) is 118 cm³/mol. The van der Waals surface area contributed by atoms with E-state index in [1.54, 1.807) is 17.6 Å². The number of thiazole rings is 1. The first-order valence-corrected chi connectivity index (χ1v) is 11.4. The van der Waals surface area contributed by atoms with Crippen LogP contribution < -0.4 is 5.32 Å². The maximum atomic E-state index is 14.3. The summed E-state index contributed by atoms with van der Waals surface area (Å²) in [5.41, 5.74) is 1.07. The Balaban J connectivity index is 1.88. The van der Waals surface area contributed by atoms with E-state index in [9.17, 15) is 19.1 Å². The van der Waals surface area contributed by atoms with E-state index < -0.39 is 29.7 Å². The van der Waals surface area contributed by atoms with E-state index in [1.807, 2.05) is 0 Å². The minimum Gasteiger partial charge on any atom is -0.481 e. The van der Waals surface area contributed by atoms with Crippen LogP contribution >= 0.6 is 22.9 Å². The second kappa shape index (κ2) is 9.38. The van der Waals surface area contributed by atoms with Gasteiger partial charge in [0, 0.05) is 28.8 Å². The molecule has 0 bridgehead atoms. The molecule has 1 aromatic heterocycles. The number of halogens is 2. The molecule has 10 heteroatoms. The van der Waals surface area contributed by atoms with Crippen LogP contribution in [0.5, 0.6) is 0 Å². The number of amidine groups is 1. The number of carbonyl (C=O) groups is 2. The highest BCUT2D eigenvalue weighted by molar-refractivity contribution is 7.11. The van der Waals surface area contributed by atoms with Gasteiger partial charge in [-0.1, -0.05) is 30.2 Å². The Bertz CT molecular complexity index is 1100. The number of nitrogens with one attached hydrogen (secondary N) is 1. The van der Waals surface area contributed by atoms with Crippen molar-refractivity contribution in [3.63, 3.8) is 0 Å². The molecule has 2 N–H and O–H groups in total. The van der Waals surface area contributed by atoms with Gasteiger partial charge in [-0.25, -0.2) is 14.2 Å². The van der Waals surface area contributed by atoms with Crippen molar-refractivity contribution in [2.75, 3.05) is 7.11 Å². The maximum Gasteiger partial charge on any atom is 0.338 e. The van der Waals surface area contributed by atoms with Crippen LogP contribution in [0.25, 0.3) is 0 Å². The fourth-order valence-corrected chi connectivity index (χ4v) is 5.12. The molecule has 2 aromatic rings. The van der Waals surface area contributed by atoms with E-state index in [0.717, 1.165) is 0 Å². The number of esters is 1. The number of hydrogen-bond donors (Lipinski definition) is 2. The van der Waals surface area contributed by atoms with E-state index in [0.29, 0.717) is 47.8 Å². The summed E-state index contributed by atoms with van der Waals surface area (Å²) in [6.07, 6.45) is 3.98. The third-order valence-corrected chi connectivity index (χ3v) is 7.00. The molecule has 1 aliphatic carbocycles. The van der Waals surface area contributed by atoms with Gasteiger partial charge < -0.3 is 15.2 Å². The molecule has 0 spiro atoms. The van der Waals surface area contributed by atoms with Crippen molar-refractivity contribution in [1.82, 2.24) is 10.3 Å². The molecular formula is C22H21ClFN3O4S. The monoisotopic (exact) mass is 477 g/mol. The summed E-state index contributed by atoms with van der Waals surface area (Å²) in [6, 6.07) is 3.43. The number of carboxylic acid groups (broad SMARTS) is 1. The van der Waals surface area contributed by atoms with Crippen LogP contribution in [0, 0.1) is 17.7 Å². The number of carbonyl (C=O) groups excluding carboxylic acids is 1. The summed E-state index contributed by atoms with van der Waals surface area (Å²) >= 11 is 7.64. The summed E-state index contributed by atoms with van der Waals surface area (Å²) in [6.45, 7) is 0. The quantitative estimate of drug-likeness (QED) is 0.621. The van der Waals surface area contributed by atoms with E-state index in [1.165, 1.54) is 30.6 Å². The second-order valence-electron chi connectivity index (χ2n) is 7.70. The van der Waals surface area contributed by atoms with Gasteiger partial charge in [-0.05, 0) is 25.3 Å². The summed E-state index contributed by atoms with van der Waals surface area (Å²) in [5.74, 6) is -2.44. The lowest BCUT2D eigenvalue weighted by molar-refractivity contribution is -0.143. The zero-order chi connectivity index (χ0) is 22.8. The van der Waals surface area contributed by atoms with Crippen molar-refractivity contribution in [2.45, 2.75) is 31.7 Å². The van der Waals surface area contributed by atoms with E-state index >= 15 is 0 Å². The minimum absolute atomic E-state index is 0.130. The third kappa shape index (κ3) is 4.27. The third-order valence-electron chi connectivity index (χ3n) is 5.82. The zero-order valence-corrected chi connectivity index (χ0v) is 18.8. The molecular weight excluding hydrogens is 457 g/mol. The predicted octanol–water partition coefficient (Wildman–Crippen LogP) is 4.34. The highest BCUT2D eigenvalue weighted by Crippen LogP contribution is 2.42. The Morgan fingerprint density at radius 3 is 2.84 bits per heavy atom. The minimum atomic E-state index is -0.925. The highest BCUT2D eigenvalue weighted by atomic mass is 35.5. The molecule has 0 radical (unpaired) electrons. The van der Waals surface area contributed by atoms with Crippen molar-refractivity contribution in [1.29, 1.82) is 0 Å². The summed E-state index contributed by atoms with van der Waals surface area (Å²) in [7, 11) is 1.26. The molecule has 2 aliphatic rings. The molecule has 1 saturated carbocycles. The second-order valence-corrected chi connectivity index (χ2v) is 8.98. The van der Waals surface area contributed by atoms with Crippen LogP contribution in [0.2, 0.25) is 5.02 Å². The topological polar surface area (TPSA) is 101 Å². The van der Waals surface area contributed by atoms with Crippen LogP contribution in [0.1, 0.15) is 42.3 Å². The largest absolute Gasteiger partial charge is 0.481 e. The van der Waals surface area contributed by atoms with Crippen LogP contribution in [-0.2, 0) is 14.3 Å². The molecule has 1 aliphatic heterocycles. The number of nitrogens with zero attached hydrogens (tertiary/aromatic N) is 2. The molecule has 0 amide bonds. The van der Waals surface area contributed by atoms with Crippen molar-refractivity contribution in [2.24, 2.45) is 16.8 Å². The average molecular weight is 478 g/mol. The number of carboxylic acids is 1. The van der Waals surface area contributed by atoms with Crippen molar-refractivity contribution >= 4 is 40.7 Å². The number of allylic oxidation sites excluding steroid dienone is 1. The van der Waals surface area contributed by atoms with Gasteiger partial charge in [-0.3, -0.25) is 9.79 Å². The molecule has 1 fully saturated rings. The smallest absolute Gasteiger partial charge is 0.338 e. The first-order valence-electron chi connectivity index (χ1n) is 10.1. The summed E-state index contributed by atoms with van der Waals surface area (Å²) < 4.78 is 19.4. The molecule has 1 aromatic carbocycles. The Labute approximate surface area is 193 Å². The van der Waals surface area contributed by atoms with Gasteiger partial charge in [-0.2, -0.15) is 0 Å². The van der Waals surface area contributed by atoms with E-state index in [4.69, 9.17) is 16.3 Å². The lowest BCUT2D eigenvalue weighted by Crippen LogP contribution is -2.38. The number of rotatable bonds is 5. The Kier molecular flexibility index (Phi) is 6.57. The van der Waals surface area contributed by atoms with Gasteiger partial charge in [0.05, 0.1) is 23.6 Å².